The van der Waals surface area contributed by atoms with Crippen LogP contribution in [-0.4, -0.2) is 29.3 Å². The van der Waals surface area contributed by atoms with Crippen LogP contribution in [0.1, 0.15) is 39.0 Å². The molecule has 0 atom stereocenters. The molecule has 2 nitrogen and oxygen atoms in total. The Kier molecular flexibility index (Phi) is 4.57. The van der Waals surface area contributed by atoms with Crippen molar-refractivity contribution < 1.29 is 4.79 Å². The summed E-state index contributed by atoms with van der Waals surface area (Å²) in [4.78, 5) is 13.6. The van der Waals surface area contributed by atoms with E-state index in [0.717, 1.165) is 19.4 Å². The molecule has 0 N–H and O–H groups in total. The van der Waals surface area contributed by atoms with Crippen LogP contribution in [0.2, 0.25) is 0 Å². The van der Waals surface area contributed by atoms with Gasteiger partial charge in [0.05, 0.1) is 0 Å². The molecule has 76 valence electrons. The molecule has 1 fully saturated rings. The van der Waals surface area contributed by atoms with Crippen molar-refractivity contribution in [2.75, 3.05) is 12.4 Å². The van der Waals surface area contributed by atoms with Gasteiger partial charge in [-0.1, -0.05) is 13.3 Å². The highest BCUT2D eigenvalue weighted by molar-refractivity contribution is 6.18. The maximum absolute atomic E-state index is 11.6. The highest BCUT2D eigenvalue weighted by Gasteiger charge is 2.31. The third-order valence-electron chi connectivity index (χ3n) is 2.38. The summed E-state index contributed by atoms with van der Waals surface area (Å²) in [5.41, 5.74) is 0. The van der Waals surface area contributed by atoms with Crippen LogP contribution in [0.5, 0.6) is 0 Å². The molecule has 0 saturated heterocycles. The second-order valence-electron chi connectivity index (χ2n) is 3.61. The molecule has 1 aliphatic rings. The van der Waals surface area contributed by atoms with E-state index in [2.05, 4.69) is 6.92 Å². The largest absolute Gasteiger partial charge is 0.339 e. The molecule has 0 unspecified atom stereocenters. The van der Waals surface area contributed by atoms with Crippen molar-refractivity contribution in [3.63, 3.8) is 0 Å². The summed E-state index contributed by atoms with van der Waals surface area (Å²) < 4.78 is 0. The SMILES string of the molecule is CCCCC(=O)N(CCCl)C1CC1. The molecule has 0 spiro atoms. The summed E-state index contributed by atoms with van der Waals surface area (Å²) in [6.45, 7) is 2.84. The Morgan fingerprint density at radius 2 is 2.23 bits per heavy atom. The van der Waals surface area contributed by atoms with Crippen molar-refractivity contribution >= 4 is 17.5 Å². The molecule has 1 aliphatic carbocycles. The fraction of sp³-hybridized carbons (Fsp3) is 0.900. The Balaban J connectivity index is 2.29. The minimum absolute atomic E-state index is 0.296. The molecule has 3 heteroatoms. The van der Waals surface area contributed by atoms with Gasteiger partial charge in [0, 0.05) is 24.9 Å². The highest BCUT2D eigenvalue weighted by atomic mass is 35.5. The van der Waals surface area contributed by atoms with Gasteiger partial charge in [0.2, 0.25) is 5.91 Å². The normalized spacial score (nSPS) is 15.8. The van der Waals surface area contributed by atoms with Gasteiger partial charge in [-0.3, -0.25) is 4.79 Å². The van der Waals surface area contributed by atoms with Gasteiger partial charge in [0.1, 0.15) is 0 Å². The van der Waals surface area contributed by atoms with E-state index >= 15 is 0 Å². The number of amides is 1. The summed E-state index contributed by atoms with van der Waals surface area (Å²) in [7, 11) is 0. The lowest BCUT2D eigenvalue weighted by atomic mass is 10.2. The second-order valence-corrected chi connectivity index (χ2v) is 3.99. The zero-order valence-electron chi connectivity index (χ0n) is 8.26. The van der Waals surface area contributed by atoms with Crippen LogP contribution in [-0.2, 0) is 4.79 Å². The molecule has 1 amide bonds. The number of carbonyl (C=O) groups excluding carboxylic acids is 1. The van der Waals surface area contributed by atoms with Crippen molar-refractivity contribution in [2.24, 2.45) is 0 Å². The molecule has 0 aromatic rings. The van der Waals surface area contributed by atoms with E-state index in [1.54, 1.807) is 0 Å². The first-order valence-electron chi connectivity index (χ1n) is 5.15. The molecule has 0 radical (unpaired) electrons. The summed E-state index contributed by atoms with van der Waals surface area (Å²) in [5.74, 6) is 0.860. The van der Waals surface area contributed by atoms with Gasteiger partial charge in [0.25, 0.3) is 0 Å². The standard InChI is InChI=1S/C10H18ClNO/c1-2-3-4-10(13)12(8-7-11)9-5-6-9/h9H,2-8H2,1H3. The summed E-state index contributed by atoms with van der Waals surface area (Å²) in [6.07, 6.45) is 5.14. The van der Waals surface area contributed by atoms with E-state index in [9.17, 15) is 4.79 Å². The molecule has 0 bridgehead atoms. The van der Waals surface area contributed by atoms with Gasteiger partial charge in [-0.2, -0.15) is 0 Å². The number of rotatable bonds is 6. The Hall–Kier alpha value is -0.240. The average molecular weight is 204 g/mol. The molecular weight excluding hydrogens is 186 g/mol. The fourth-order valence-electron chi connectivity index (χ4n) is 1.46. The summed E-state index contributed by atoms with van der Waals surface area (Å²) >= 11 is 5.65. The zero-order valence-corrected chi connectivity index (χ0v) is 9.02. The maximum atomic E-state index is 11.6. The van der Waals surface area contributed by atoms with Crippen molar-refractivity contribution in [3.8, 4) is 0 Å². The van der Waals surface area contributed by atoms with Crippen LogP contribution in [0.3, 0.4) is 0 Å². The van der Waals surface area contributed by atoms with E-state index in [0.29, 0.717) is 24.2 Å². The number of unbranched alkanes of at least 4 members (excludes halogenated alkanes) is 1. The molecule has 13 heavy (non-hydrogen) atoms. The van der Waals surface area contributed by atoms with Gasteiger partial charge in [-0.05, 0) is 19.3 Å². The Morgan fingerprint density at radius 1 is 1.54 bits per heavy atom. The first-order chi connectivity index (χ1) is 6.29. The fourth-order valence-corrected chi connectivity index (χ4v) is 1.64. The quantitative estimate of drug-likeness (QED) is 0.608. The van der Waals surface area contributed by atoms with Crippen molar-refractivity contribution in [2.45, 2.75) is 45.1 Å². The van der Waals surface area contributed by atoms with Crippen LogP contribution < -0.4 is 0 Å². The predicted octanol–water partition coefficient (Wildman–Crippen LogP) is 2.41. The lowest BCUT2D eigenvalue weighted by Gasteiger charge is -2.20. The average Bonchev–Trinajstić information content (AvgIpc) is 2.93. The van der Waals surface area contributed by atoms with Gasteiger partial charge in [-0.25, -0.2) is 0 Å². The first kappa shape index (κ1) is 10.8. The molecular formula is C10H18ClNO. The van der Waals surface area contributed by atoms with E-state index in [1.165, 1.54) is 12.8 Å². The summed E-state index contributed by atoms with van der Waals surface area (Å²) in [6, 6.07) is 0.517. The smallest absolute Gasteiger partial charge is 0.222 e. The molecule has 0 aromatic heterocycles. The van der Waals surface area contributed by atoms with Gasteiger partial charge >= 0.3 is 0 Å². The number of nitrogens with zero attached hydrogens (tertiary/aromatic N) is 1. The first-order valence-corrected chi connectivity index (χ1v) is 5.68. The van der Waals surface area contributed by atoms with Crippen LogP contribution in [0.15, 0.2) is 0 Å². The van der Waals surface area contributed by atoms with E-state index < -0.39 is 0 Å². The maximum Gasteiger partial charge on any atom is 0.222 e. The third kappa shape index (κ3) is 3.55. The third-order valence-corrected chi connectivity index (χ3v) is 2.55. The monoisotopic (exact) mass is 203 g/mol. The minimum atomic E-state index is 0.296. The highest BCUT2D eigenvalue weighted by Crippen LogP contribution is 2.27. The Bertz CT molecular complexity index is 168. The predicted molar refractivity (Wildman–Crippen MR) is 55.0 cm³/mol. The number of hydrogen-bond donors (Lipinski definition) is 0. The van der Waals surface area contributed by atoms with Crippen LogP contribution in [0.4, 0.5) is 0 Å². The second kappa shape index (κ2) is 5.48. The van der Waals surface area contributed by atoms with E-state index in [-0.39, 0.29) is 0 Å². The van der Waals surface area contributed by atoms with Gasteiger partial charge < -0.3 is 4.90 Å². The van der Waals surface area contributed by atoms with E-state index in [4.69, 9.17) is 11.6 Å². The molecule has 0 aliphatic heterocycles. The van der Waals surface area contributed by atoms with Crippen LogP contribution in [0, 0.1) is 0 Å². The Labute approximate surface area is 85.2 Å². The van der Waals surface area contributed by atoms with Crippen molar-refractivity contribution in [1.29, 1.82) is 0 Å². The van der Waals surface area contributed by atoms with Crippen LogP contribution in [0.25, 0.3) is 0 Å². The van der Waals surface area contributed by atoms with Crippen LogP contribution >= 0.6 is 11.6 Å². The number of carbonyl (C=O) groups is 1. The van der Waals surface area contributed by atoms with Gasteiger partial charge in [-0.15, -0.1) is 11.6 Å². The minimum Gasteiger partial charge on any atom is -0.339 e. The van der Waals surface area contributed by atoms with Crippen molar-refractivity contribution in [1.82, 2.24) is 4.90 Å². The molecule has 0 aromatic carbocycles. The number of hydrogen-bond acceptors (Lipinski definition) is 1. The number of alkyl halides is 1. The summed E-state index contributed by atoms with van der Waals surface area (Å²) in [5, 5.41) is 0. The zero-order chi connectivity index (χ0) is 9.68. The lowest BCUT2D eigenvalue weighted by molar-refractivity contribution is -0.131. The molecule has 0 heterocycles. The molecule has 1 saturated carbocycles. The van der Waals surface area contributed by atoms with E-state index in [1.807, 2.05) is 4.90 Å². The molecule has 1 rings (SSSR count). The lowest BCUT2D eigenvalue weighted by Crippen LogP contribution is -2.34. The topological polar surface area (TPSA) is 20.3 Å². The van der Waals surface area contributed by atoms with Gasteiger partial charge in [0.15, 0.2) is 0 Å². The Morgan fingerprint density at radius 3 is 2.69 bits per heavy atom. The number of halogens is 1. The van der Waals surface area contributed by atoms with Crippen molar-refractivity contribution in [3.05, 3.63) is 0 Å².